The summed E-state index contributed by atoms with van der Waals surface area (Å²) in [5.41, 5.74) is 1.37. The van der Waals surface area contributed by atoms with Gasteiger partial charge in [0.15, 0.2) is 0 Å². The second kappa shape index (κ2) is 4.13. The van der Waals surface area contributed by atoms with E-state index in [0.717, 1.165) is 5.70 Å². The summed E-state index contributed by atoms with van der Waals surface area (Å²) in [4.78, 5) is 17.6. The van der Waals surface area contributed by atoms with E-state index < -0.39 is 0 Å². The van der Waals surface area contributed by atoms with Crippen molar-refractivity contribution in [3.8, 4) is 0 Å². The van der Waals surface area contributed by atoms with Crippen LogP contribution in [0.5, 0.6) is 0 Å². The maximum absolute atomic E-state index is 11.6. The van der Waals surface area contributed by atoms with E-state index in [1.165, 1.54) is 0 Å². The van der Waals surface area contributed by atoms with E-state index in [0.29, 0.717) is 18.7 Å². The summed E-state index contributed by atoms with van der Waals surface area (Å²) >= 11 is 0. The number of rotatable bonds is 2. The Morgan fingerprint density at radius 2 is 2.53 bits per heavy atom. The summed E-state index contributed by atoms with van der Waals surface area (Å²) < 4.78 is 4.97. The molecule has 2 rings (SSSR count). The van der Waals surface area contributed by atoms with Gasteiger partial charge in [-0.15, -0.1) is 0 Å². The second-order valence-corrected chi connectivity index (χ2v) is 3.14. The molecule has 0 radical (unpaired) electrons. The standard InChI is InChI=1S/C11H12N2O2/c1-2-15-11(14)9-4-3-6-13-7-5-12-8-10(9)13/h3-6,8H,2,7H2,1H3. The Morgan fingerprint density at radius 1 is 1.67 bits per heavy atom. The summed E-state index contributed by atoms with van der Waals surface area (Å²) in [6.07, 6.45) is 8.97. The lowest BCUT2D eigenvalue weighted by molar-refractivity contribution is -0.138. The highest BCUT2D eigenvalue weighted by molar-refractivity contribution is 5.94. The highest BCUT2D eigenvalue weighted by Gasteiger charge is 2.22. The Bertz CT molecular complexity index is 391. The second-order valence-electron chi connectivity index (χ2n) is 3.14. The Kier molecular flexibility index (Phi) is 2.67. The molecule has 0 aromatic rings. The number of carbonyl (C=O) groups is 1. The Labute approximate surface area is 88.2 Å². The predicted octanol–water partition coefficient (Wildman–Crippen LogP) is 1.23. The van der Waals surface area contributed by atoms with Crippen molar-refractivity contribution in [2.45, 2.75) is 6.92 Å². The molecule has 2 aliphatic rings. The fourth-order valence-corrected chi connectivity index (χ4v) is 1.51. The number of esters is 1. The number of hydrogen-bond acceptors (Lipinski definition) is 4. The number of fused-ring (bicyclic) bond motifs is 1. The van der Waals surface area contributed by atoms with Gasteiger partial charge < -0.3 is 9.64 Å². The molecule has 4 heteroatoms. The van der Waals surface area contributed by atoms with Crippen molar-refractivity contribution in [3.05, 3.63) is 35.8 Å². The molecule has 0 fully saturated rings. The first-order valence-corrected chi connectivity index (χ1v) is 4.87. The maximum atomic E-state index is 11.6. The average molecular weight is 204 g/mol. The fourth-order valence-electron chi connectivity index (χ4n) is 1.51. The van der Waals surface area contributed by atoms with Gasteiger partial charge in [0.25, 0.3) is 0 Å². The molecule has 0 aromatic carbocycles. The van der Waals surface area contributed by atoms with Crippen molar-refractivity contribution in [2.24, 2.45) is 4.99 Å². The summed E-state index contributed by atoms with van der Waals surface area (Å²) in [7, 11) is 0. The van der Waals surface area contributed by atoms with Gasteiger partial charge in [0.05, 0.1) is 30.6 Å². The summed E-state index contributed by atoms with van der Waals surface area (Å²) in [5.74, 6) is -0.296. The molecule has 2 heterocycles. The van der Waals surface area contributed by atoms with E-state index in [-0.39, 0.29) is 5.97 Å². The van der Waals surface area contributed by atoms with Crippen molar-refractivity contribution in [1.29, 1.82) is 0 Å². The van der Waals surface area contributed by atoms with Crippen LogP contribution < -0.4 is 0 Å². The number of ether oxygens (including phenoxy) is 1. The number of nitrogens with zero attached hydrogens (tertiary/aromatic N) is 2. The van der Waals surface area contributed by atoms with E-state index in [9.17, 15) is 4.79 Å². The van der Waals surface area contributed by atoms with Gasteiger partial charge in [-0.05, 0) is 19.1 Å². The minimum Gasteiger partial charge on any atom is -0.462 e. The zero-order valence-corrected chi connectivity index (χ0v) is 8.51. The quantitative estimate of drug-likeness (QED) is 0.635. The van der Waals surface area contributed by atoms with Crippen LogP contribution in [0.15, 0.2) is 40.8 Å². The van der Waals surface area contributed by atoms with E-state index >= 15 is 0 Å². The number of allylic oxidation sites excluding steroid dienone is 2. The van der Waals surface area contributed by atoms with Crippen LogP contribution in [0.4, 0.5) is 0 Å². The molecule has 0 saturated heterocycles. The SMILES string of the molecule is CCOC(=O)C1=CC=CN2CC=NC=C12. The molecular formula is C11H12N2O2. The molecule has 15 heavy (non-hydrogen) atoms. The summed E-state index contributed by atoms with van der Waals surface area (Å²) in [6.45, 7) is 2.87. The van der Waals surface area contributed by atoms with Crippen LogP contribution >= 0.6 is 0 Å². The van der Waals surface area contributed by atoms with Crippen molar-refractivity contribution in [3.63, 3.8) is 0 Å². The summed E-state index contributed by atoms with van der Waals surface area (Å²) in [5, 5.41) is 0. The lowest BCUT2D eigenvalue weighted by atomic mass is 10.1. The number of carbonyl (C=O) groups excluding carboxylic acids is 1. The zero-order valence-electron chi connectivity index (χ0n) is 8.51. The van der Waals surface area contributed by atoms with Crippen molar-refractivity contribution >= 4 is 12.2 Å². The Hall–Kier alpha value is -1.84. The topological polar surface area (TPSA) is 41.9 Å². The van der Waals surface area contributed by atoms with Crippen LogP contribution in [0, 0.1) is 0 Å². The lowest BCUT2D eigenvalue weighted by Gasteiger charge is -2.26. The van der Waals surface area contributed by atoms with Crippen molar-refractivity contribution in [2.75, 3.05) is 13.2 Å². The van der Waals surface area contributed by atoms with E-state index in [2.05, 4.69) is 4.99 Å². The minimum absolute atomic E-state index is 0.296. The number of hydrogen-bond donors (Lipinski definition) is 0. The average Bonchev–Trinajstić information content (AvgIpc) is 2.28. The molecule has 2 aliphatic heterocycles. The molecule has 0 atom stereocenters. The Balaban J connectivity index is 2.26. The third-order valence-electron chi connectivity index (χ3n) is 2.19. The largest absolute Gasteiger partial charge is 0.462 e. The third kappa shape index (κ3) is 1.83. The van der Waals surface area contributed by atoms with Gasteiger partial charge in [-0.2, -0.15) is 0 Å². The smallest absolute Gasteiger partial charge is 0.340 e. The van der Waals surface area contributed by atoms with Gasteiger partial charge in [0, 0.05) is 12.4 Å². The van der Waals surface area contributed by atoms with Crippen molar-refractivity contribution < 1.29 is 9.53 Å². The van der Waals surface area contributed by atoms with Crippen LogP contribution in [-0.4, -0.2) is 30.2 Å². The molecular weight excluding hydrogens is 192 g/mol. The van der Waals surface area contributed by atoms with Gasteiger partial charge in [-0.3, -0.25) is 4.99 Å². The van der Waals surface area contributed by atoms with Crippen molar-refractivity contribution in [1.82, 2.24) is 4.90 Å². The molecule has 0 amide bonds. The highest BCUT2D eigenvalue weighted by Crippen LogP contribution is 2.22. The molecule has 4 nitrogen and oxygen atoms in total. The van der Waals surface area contributed by atoms with Crippen LogP contribution in [-0.2, 0) is 9.53 Å². The van der Waals surface area contributed by atoms with Crippen LogP contribution in [0.3, 0.4) is 0 Å². The van der Waals surface area contributed by atoms with Crippen LogP contribution in [0.1, 0.15) is 6.92 Å². The molecule has 0 unspecified atom stereocenters. The Morgan fingerprint density at radius 3 is 3.33 bits per heavy atom. The molecule has 78 valence electrons. The van der Waals surface area contributed by atoms with Gasteiger partial charge >= 0.3 is 5.97 Å². The van der Waals surface area contributed by atoms with Gasteiger partial charge in [0.1, 0.15) is 0 Å². The number of aliphatic imine (C=N–C) groups is 1. The van der Waals surface area contributed by atoms with Crippen LogP contribution in [0.25, 0.3) is 0 Å². The first kappa shape index (κ1) is 9.71. The van der Waals surface area contributed by atoms with E-state index in [4.69, 9.17) is 4.74 Å². The molecule has 0 bridgehead atoms. The molecule has 0 aromatic heterocycles. The van der Waals surface area contributed by atoms with Gasteiger partial charge in [-0.1, -0.05) is 0 Å². The molecule has 0 N–H and O–H groups in total. The first-order chi connectivity index (χ1) is 7.33. The maximum Gasteiger partial charge on any atom is 0.340 e. The monoisotopic (exact) mass is 204 g/mol. The first-order valence-electron chi connectivity index (χ1n) is 4.87. The third-order valence-corrected chi connectivity index (χ3v) is 2.19. The molecule has 0 spiro atoms. The lowest BCUT2D eigenvalue weighted by Crippen LogP contribution is -2.27. The minimum atomic E-state index is -0.296. The summed E-state index contributed by atoms with van der Waals surface area (Å²) in [6, 6.07) is 0. The molecule has 0 saturated carbocycles. The predicted molar refractivity (Wildman–Crippen MR) is 57.1 cm³/mol. The fraction of sp³-hybridized carbons (Fsp3) is 0.273. The van der Waals surface area contributed by atoms with Gasteiger partial charge in [-0.25, -0.2) is 4.79 Å². The zero-order chi connectivity index (χ0) is 10.7. The highest BCUT2D eigenvalue weighted by atomic mass is 16.5. The molecule has 0 aliphatic carbocycles. The van der Waals surface area contributed by atoms with E-state index in [1.54, 1.807) is 25.4 Å². The normalized spacial score (nSPS) is 18.1. The van der Waals surface area contributed by atoms with Crippen LogP contribution in [0.2, 0.25) is 0 Å². The van der Waals surface area contributed by atoms with E-state index in [1.807, 2.05) is 17.2 Å². The van der Waals surface area contributed by atoms with Gasteiger partial charge in [0.2, 0.25) is 0 Å².